The molecule has 0 unspecified atom stereocenters. The number of hydrogen-bond acceptors (Lipinski definition) is 2. The molecule has 1 aromatic heterocycles. The SMILES string of the molecule is Cc1cc(C)cc(C(N=Cc2ccccn2)c2cc(C)cc(C)c2)c1. The van der Waals surface area contributed by atoms with Gasteiger partial charge in [0.25, 0.3) is 0 Å². The van der Waals surface area contributed by atoms with Gasteiger partial charge >= 0.3 is 0 Å². The van der Waals surface area contributed by atoms with Gasteiger partial charge in [0.05, 0.1) is 5.69 Å². The number of nitrogens with zero attached hydrogens (tertiary/aromatic N) is 2. The number of benzene rings is 2. The number of aliphatic imine (C=N–C) groups is 1. The summed E-state index contributed by atoms with van der Waals surface area (Å²) in [6.07, 6.45) is 3.67. The molecule has 0 aliphatic rings. The Hall–Kier alpha value is -2.74. The van der Waals surface area contributed by atoms with Gasteiger partial charge < -0.3 is 0 Å². The van der Waals surface area contributed by atoms with E-state index in [0.717, 1.165) is 5.69 Å². The van der Waals surface area contributed by atoms with Gasteiger partial charge in [-0.2, -0.15) is 0 Å². The standard InChI is InChI=1S/C23H24N2/c1-16-9-17(2)12-20(11-16)23(21-13-18(3)10-19(4)14-21)25-15-22-7-5-6-8-24-22/h5-15,23H,1-4H3. The maximum Gasteiger partial charge on any atom is 0.100 e. The van der Waals surface area contributed by atoms with Crippen molar-refractivity contribution >= 4 is 6.21 Å². The van der Waals surface area contributed by atoms with Crippen LogP contribution in [0.25, 0.3) is 0 Å². The molecule has 0 N–H and O–H groups in total. The van der Waals surface area contributed by atoms with Crippen molar-refractivity contribution in [3.8, 4) is 0 Å². The van der Waals surface area contributed by atoms with Crippen molar-refractivity contribution in [3.63, 3.8) is 0 Å². The van der Waals surface area contributed by atoms with E-state index in [-0.39, 0.29) is 6.04 Å². The Morgan fingerprint density at radius 3 is 1.72 bits per heavy atom. The lowest BCUT2D eigenvalue weighted by Gasteiger charge is -2.17. The Morgan fingerprint density at radius 1 is 0.760 bits per heavy atom. The van der Waals surface area contributed by atoms with Crippen LogP contribution in [-0.4, -0.2) is 11.2 Å². The molecule has 0 aliphatic carbocycles. The van der Waals surface area contributed by atoms with Gasteiger partial charge in [0, 0.05) is 12.4 Å². The van der Waals surface area contributed by atoms with E-state index >= 15 is 0 Å². The molecule has 3 rings (SSSR count). The molecular formula is C23H24N2. The largest absolute Gasteiger partial charge is 0.278 e. The average Bonchev–Trinajstić information content (AvgIpc) is 2.54. The number of aromatic nitrogens is 1. The highest BCUT2D eigenvalue weighted by atomic mass is 14.8. The fourth-order valence-corrected chi connectivity index (χ4v) is 3.30. The van der Waals surface area contributed by atoms with Crippen LogP contribution in [0.2, 0.25) is 0 Å². The molecule has 3 aromatic rings. The molecule has 0 fully saturated rings. The van der Waals surface area contributed by atoms with Crippen LogP contribution in [0.5, 0.6) is 0 Å². The summed E-state index contributed by atoms with van der Waals surface area (Å²) in [4.78, 5) is 9.27. The van der Waals surface area contributed by atoms with Crippen LogP contribution in [0, 0.1) is 27.7 Å². The highest BCUT2D eigenvalue weighted by Gasteiger charge is 2.14. The lowest BCUT2D eigenvalue weighted by Crippen LogP contribution is -2.02. The minimum atomic E-state index is -0.0285. The number of hydrogen-bond donors (Lipinski definition) is 0. The first-order valence-corrected chi connectivity index (χ1v) is 8.62. The van der Waals surface area contributed by atoms with Crippen molar-refractivity contribution in [2.75, 3.05) is 0 Å². The smallest absolute Gasteiger partial charge is 0.100 e. The molecule has 0 atom stereocenters. The maximum absolute atomic E-state index is 4.91. The quantitative estimate of drug-likeness (QED) is 0.579. The second-order valence-corrected chi connectivity index (χ2v) is 6.78. The highest BCUT2D eigenvalue weighted by molar-refractivity contribution is 5.77. The number of pyridine rings is 1. The summed E-state index contributed by atoms with van der Waals surface area (Å²) in [5, 5.41) is 0. The van der Waals surface area contributed by atoms with Crippen LogP contribution in [0.4, 0.5) is 0 Å². The van der Waals surface area contributed by atoms with Crippen molar-refractivity contribution < 1.29 is 0 Å². The lowest BCUT2D eigenvalue weighted by atomic mass is 9.94. The van der Waals surface area contributed by atoms with Crippen molar-refractivity contribution in [3.05, 3.63) is 99.9 Å². The average molecular weight is 328 g/mol. The summed E-state index contributed by atoms with van der Waals surface area (Å²) in [7, 11) is 0. The molecule has 2 nitrogen and oxygen atoms in total. The first-order valence-electron chi connectivity index (χ1n) is 8.62. The molecule has 2 heteroatoms. The van der Waals surface area contributed by atoms with Crippen LogP contribution < -0.4 is 0 Å². The fraction of sp³-hybridized carbons (Fsp3) is 0.217. The maximum atomic E-state index is 4.91. The van der Waals surface area contributed by atoms with E-state index in [9.17, 15) is 0 Å². The van der Waals surface area contributed by atoms with Gasteiger partial charge in [0.1, 0.15) is 6.04 Å². The molecule has 126 valence electrons. The zero-order valence-corrected chi connectivity index (χ0v) is 15.3. The minimum absolute atomic E-state index is 0.0285. The monoisotopic (exact) mass is 328 g/mol. The molecule has 0 saturated carbocycles. The zero-order chi connectivity index (χ0) is 17.8. The van der Waals surface area contributed by atoms with Crippen LogP contribution >= 0.6 is 0 Å². The Kier molecular flexibility index (Phi) is 5.08. The van der Waals surface area contributed by atoms with Crippen LogP contribution in [0.1, 0.15) is 45.1 Å². The van der Waals surface area contributed by atoms with E-state index < -0.39 is 0 Å². The second-order valence-electron chi connectivity index (χ2n) is 6.78. The molecule has 25 heavy (non-hydrogen) atoms. The molecule has 0 radical (unpaired) electrons. The van der Waals surface area contributed by atoms with E-state index in [0.29, 0.717) is 0 Å². The van der Waals surface area contributed by atoms with Gasteiger partial charge in [-0.15, -0.1) is 0 Å². The number of rotatable bonds is 4. The van der Waals surface area contributed by atoms with Gasteiger partial charge in [-0.3, -0.25) is 9.98 Å². The third-order valence-corrected chi connectivity index (χ3v) is 4.16. The van der Waals surface area contributed by atoms with Crippen LogP contribution in [0.15, 0.2) is 65.8 Å². The van der Waals surface area contributed by atoms with E-state index in [1.54, 1.807) is 6.20 Å². The molecule has 1 heterocycles. The Morgan fingerprint density at radius 2 is 1.28 bits per heavy atom. The van der Waals surface area contributed by atoms with Gasteiger partial charge in [-0.05, 0) is 51.0 Å². The van der Waals surface area contributed by atoms with E-state index in [4.69, 9.17) is 4.99 Å². The fourth-order valence-electron chi connectivity index (χ4n) is 3.30. The first-order chi connectivity index (χ1) is 12.0. The van der Waals surface area contributed by atoms with E-state index in [1.807, 2.05) is 24.4 Å². The minimum Gasteiger partial charge on any atom is -0.278 e. The van der Waals surface area contributed by atoms with E-state index in [1.165, 1.54) is 33.4 Å². The Labute approximate surface area is 150 Å². The predicted octanol–water partition coefficient (Wildman–Crippen LogP) is 5.52. The summed E-state index contributed by atoms with van der Waals surface area (Å²) in [5.41, 5.74) is 8.36. The predicted molar refractivity (Wildman–Crippen MR) is 106 cm³/mol. The molecule has 0 saturated heterocycles. The molecule has 0 aliphatic heterocycles. The van der Waals surface area contributed by atoms with Crippen LogP contribution in [-0.2, 0) is 0 Å². The Bertz CT molecular complexity index is 803. The topological polar surface area (TPSA) is 25.2 Å². The second kappa shape index (κ2) is 7.43. The van der Waals surface area contributed by atoms with Crippen molar-refractivity contribution in [2.45, 2.75) is 33.7 Å². The molecule has 0 amide bonds. The summed E-state index contributed by atoms with van der Waals surface area (Å²) in [6, 6.07) is 19.2. The molecule has 0 bridgehead atoms. The Balaban J connectivity index is 2.08. The first kappa shape index (κ1) is 17.1. The van der Waals surface area contributed by atoms with Crippen LogP contribution in [0.3, 0.4) is 0 Å². The van der Waals surface area contributed by atoms with Crippen molar-refractivity contribution in [1.82, 2.24) is 4.98 Å². The summed E-state index contributed by atoms with van der Waals surface area (Å²) < 4.78 is 0. The van der Waals surface area contributed by atoms with Gasteiger partial charge in [-0.1, -0.05) is 64.7 Å². The number of aryl methyl sites for hydroxylation is 4. The van der Waals surface area contributed by atoms with Gasteiger partial charge in [-0.25, -0.2) is 0 Å². The summed E-state index contributed by atoms with van der Waals surface area (Å²) >= 11 is 0. The normalized spacial score (nSPS) is 11.4. The lowest BCUT2D eigenvalue weighted by molar-refractivity contribution is 0.870. The van der Waals surface area contributed by atoms with Crippen molar-refractivity contribution in [1.29, 1.82) is 0 Å². The van der Waals surface area contributed by atoms with Gasteiger partial charge in [0.2, 0.25) is 0 Å². The third-order valence-electron chi connectivity index (χ3n) is 4.16. The summed E-state index contributed by atoms with van der Waals surface area (Å²) in [6.45, 7) is 8.55. The molecular weight excluding hydrogens is 304 g/mol. The molecule has 2 aromatic carbocycles. The highest BCUT2D eigenvalue weighted by Crippen LogP contribution is 2.29. The van der Waals surface area contributed by atoms with E-state index in [2.05, 4.69) is 69.1 Å². The van der Waals surface area contributed by atoms with Crippen molar-refractivity contribution in [2.24, 2.45) is 4.99 Å². The summed E-state index contributed by atoms with van der Waals surface area (Å²) in [5.74, 6) is 0. The molecule has 0 spiro atoms. The zero-order valence-electron chi connectivity index (χ0n) is 15.3. The van der Waals surface area contributed by atoms with Gasteiger partial charge in [0.15, 0.2) is 0 Å². The third kappa shape index (κ3) is 4.42.